The van der Waals surface area contributed by atoms with E-state index in [-0.39, 0.29) is 23.4 Å². The highest BCUT2D eigenvalue weighted by molar-refractivity contribution is 5.94. The Morgan fingerprint density at radius 1 is 1.53 bits per heavy atom. The first-order valence-electron chi connectivity index (χ1n) is 6.31. The Morgan fingerprint density at radius 3 is 2.84 bits per heavy atom. The second kappa shape index (κ2) is 5.41. The van der Waals surface area contributed by atoms with Crippen molar-refractivity contribution in [3.8, 4) is 11.8 Å². The standard InChI is InChI=1S/C15H17FN2O/c1-15(6-7-15)10-18-14(19)12-5-4-11(3-2-8-17)9-13(12)16/h4-5,9H,6-8,10,17H2,1H3,(H,18,19). The molecule has 0 heterocycles. The van der Waals surface area contributed by atoms with Crippen molar-refractivity contribution in [1.82, 2.24) is 5.32 Å². The van der Waals surface area contributed by atoms with Crippen molar-refractivity contribution >= 4 is 5.91 Å². The summed E-state index contributed by atoms with van der Waals surface area (Å²) in [6.07, 6.45) is 2.23. The zero-order chi connectivity index (χ0) is 13.9. The third-order valence-corrected chi connectivity index (χ3v) is 3.33. The first-order chi connectivity index (χ1) is 9.04. The van der Waals surface area contributed by atoms with E-state index in [0.717, 1.165) is 12.8 Å². The van der Waals surface area contributed by atoms with Crippen LogP contribution in [-0.2, 0) is 0 Å². The van der Waals surface area contributed by atoms with Crippen LogP contribution in [0, 0.1) is 23.1 Å². The molecular weight excluding hydrogens is 243 g/mol. The van der Waals surface area contributed by atoms with Crippen molar-refractivity contribution in [2.24, 2.45) is 11.1 Å². The minimum atomic E-state index is -0.553. The van der Waals surface area contributed by atoms with Crippen molar-refractivity contribution in [2.45, 2.75) is 19.8 Å². The summed E-state index contributed by atoms with van der Waals surface area (Å²) < 4.78 is 13.8. The summed E-state index contributed by atoms with van der Waals surface area (Å²) in [6, 6.07) is 4.34. The quantitative estimate of drug-likeness (QED) is 0.812. The summed E-state index contributed by atoms with van der Waals surface area (Å²) in [5, 5.41) is 2.77. The molecule has 1 fully saturated rings. The molecule has 1 aliphatic carbocycles. The van der Waals surface area contributed by atoms with E-state index in [0.29, 0.717) is 12.1 Å². The minimum Gasteiger partial charge on any atom is -0.351 e. The minimum absolute atomic E-state index is 0.0579. The number of nitrogens with two attached hydrogens (primary N) is 1. The summed E-state index contributed by atoms with van der Waals surface area (Å²) in [6.45, 7) is 2.93. The smallest absolute Gasteiger partial charge is 0.254 e. The molecule has 0 aliphatic heterocycles. The predicted octanol–water partition coefficient (Wildman–Crippen LogP) is 1.67. The van der Waals surface area contributed by atoms with Gasteiger partial charge in [0.25, 0.3) is 5.91 Å². The SMILES string of the molecule is CC1(CNC(=O)c2ccc(C#CCN)cc2F)CC1. The van der Waals surface area contributed by atoms with Crippen molar-refractivity contribution in [3.63, 3.8) is 0 Å². The summed E-state index contributed by atoms with van der Waals surface area (Å²) >= 11 is 0. The average Bonchev–Trinajstić information content (AvgIpc) is 3.12. The summed E-state index contributed by atoms with van der Waals surface area (Å²) in [4.78, 5) is 11.9. The van der Waals surface area contributed by atoms with Crippen LogP contribution in [0.1, 0.15) is 35.7 Å². The Labute approximate surface area is 112 Å². The Hall–Kier alpha value is -1.86. The average molecular weight is 260 g/mol. The molecular formula is C15H17FN2O. The second-order valence-electron chi connectivity index (χ2n) is 5.19. The van der Waals surface area contributed by atoms with E-state index in [1.165, 1.54) is 12.1 Å². The molecule has 0 spiro atoms. The lowest BCUT2D eigenvalue weighted by Gasteiger charge is -2.10. The lowest BCUT2D eigenvalue weighted by atomic mass is 10.1. The number of rotatable bonds is 3. The van der Waals surface area contributed by atoms with E-state index in [1.54, 1.807) is 6.07 Å². The van der Waals surface area contributed by atoms with Crippen LogP contribution in [0.15, 0.2) is 18.2 Å². The first kappa shape index (κ1) is 13.6. The zero-order valence-corrected chi connectivity index (χ0v) is 10.9. The molecule has 0 aromatic heterocycles. The van der Waals surface area contributed by atoms with Crippen molar-refractivity contribution in [3.05, 3.63) is 35.1 Å². The second-order valence-corrected chi connectivity index (χ2v) is 5.19. The van der Waals surface area contributed by atoms with E-state index in [9.17, 15) is 9.18 Å². The molecule has 19 heavy (non-hydrogen) atoms. The van der Waals surface area contributed by atoms with Crippen LogP contribution in [0.4, 0.5) is 4.39 Å². The van der Waals surface area contributed by atoms with Gasteiger partial charge in [-0.05, 0) is 36.5 Å². The van der Waals surface area contributed by atoms with E-state index in [2.05, 4.69) is 24.1 Å². The highest BCUT2D eigenvalue weighted by Crippen LogP contribution is 2.44. The molecule has 4 heteroatoms. The van der Waals surface area contributed by atoms with Crippen LogP contribution in [0.3, 0.4) is 0 Å². The monoisotopic (exact) mass is 260 g/mol. The largest absolute Gasteiger partial charge is 0.351 e. The van der Waals surface area contributed by atoms with Crippen LogP contribution in [0.5, 0.6) is 0 Å². The molecule has 1 amide bonds. The molecule has 1 aromatic carbocycles. The summed E-state index contributed by atoms with van der Waals surface area (Å²) in [7, 11) is 0. The van der Waals surface area contributed by atoms with Gasteiger partial charge in [0.2, 0.25) is 0 Å². The Kier molecular flexibility index (Phi) is 3.87. The summed E-state index contributed by atoms with van der Waals surface area (Å²) in [5.41, 5.74) is 6.03. The highest BCUT2D eigenvalue weighted by atomic mass is 19.1. The third kappa shape index (κ3) is 3.55. The lowest BCUT2D eigenvalue weighted by molar-refractivity contribution is 0.0942. The molecule has 1 saturated carbocycles. The molecule has 0 radical (unpaired) electrons. The van der Waals surface area contributed by atoms with Gasteiger partial charge in [-0.2, -0.15) is 0 Å². The number of nitrogens with one attached hydrogen (secondary N) is 1. The lowest BCUT2D eigenvalue weighted by Crippen LogP contribution is -2.29. The number of hydrogen-bond donors (Lipinski definition) is 2. The maximum absolute atomic E-state index is 13.8. The van der Waals surface area contributed by atoms with Crippen molar-refractivity contribution in [1.29, 1.82) is 0 Å². The fourth-order valence-corrected chi connectivity index (χ4v) is 1.71. The molecule has 0 atom stereocenters. The fraction of sp³-hybridized carbons (Fsp3) is 0.400. The van der Waals surface area contributed by atoms with Gasteiger partial charge in [0.1, 0.15) is 5.82 Å². The van der Waals surface area contributed by atoms with Crippen LogP contribution in [0.25, 0.3) is 0 Å². The molecule has 0 saturated heterocycles. The van der Waals surface area contributed by atoms with E-state index in [4.69, 9.17) is 5.73 Å². The van der Waals surface area contributed by atoms with Gasteiger partial charge >= 0.3 is 0 Å². The molecule has 1 aromatic rings. The Balaban J connectivity index is 2.05. The number of halogens is 1. The number of benzene rings is 1. The molecule has 1 aliphatic rings. The normalized spacial score (nSPS) is 15.3. The third-order valence-electron chi connectivity index (χ3n) is 3.33. The molecule has 3 nitrogen and oxygen atoms in total. The molecule has 0 unspecified atom stereocenters. The van der Waals surface area contributed by atoms with Gasteiger partial charge in [-0.25, -0.2) is 4.39 Å². The predicted molar refractivity (Wildman–Crippen MR) is 72.0 cm³/mol. The van der Waals surface area contributed by atoms with Crippen LogP contribution < -0.4 is 11.1 Å². The maximum Gasteiger partial charge on any atom is 0.254 e. The van der Waals surface area contributed by atoms with Gasteiger partial charge in [-0.3, -0.25) is 4.79 Å². The van der Waals surface area contributed by atoms with E-state index in [1.807, 2.05) is 0 Å². The zero-order valence-electron chi connectivity index (χ0n) is 10.9. The number of carbonyl (C=O) groups is 1. The number of hydrogen-bond acceptors (Lipinski definition) is 2. The van der Waals surface area contributed by atoms with Gasteiger partial charge < -0.3 is 11.1 Å². The first-order valence-corrected chi connectivity index (χ1v) is 6.31. The maximum atomic E-state index is 13.8. The van der Waals surface area contributed by atoms with Crippen molar-refractivity contribution in [2.75, 3.05) is 13.1 Å². The van der Waals surface area contributed by atoms with Gasteiger partial charge in [0.05, 0.1) is 12.1 Å². The van der Waals surface area contributed by atoms with Gasteiger partial charge in [0.15, 0.2) is 0 Å². The van der Waals surface area contributed by atoms with Crippen LogP contribution in [-0.4, -0.2) is 19.0 Å². The Morgan fingerprint density at radius 2 is 2.26 bits per heavy atom. The molecule has 2 rings (SSSR count). The van der Waals surface area contributed by atoms with Crippen LogP contribution in [0.2, 0.25) is 0 Å². The van der Waals surface area contributed by atoms with E-state index >= 15 is 0 Å². The topological polar surface area (TPSA) is 55.1 Å². The van der Waals surface area contributed by atoms with Crippen LogP contribution >= 0.6 is 0 Å². The highest BCUT2D eigenvalue weighted by Gasteiger charge is 2.37. The Bertz CT molecular complexity index is 553. The van der Waals surface area contributed by atoms with Gasteiger partial charge in [-0.15, -0.1) is 0 Å². The molecule has 3 N–H and O–H groups in total. The molecule has 100 valence electrons. The number of amides is 1. The van der Waals surface area contributed by atoms with Crippen molar-refractivity contribution < 1.29 is 9.18 Å². The fourth-order valence-electron chi connectivity index (χ4n) is 1.71. The summed E-state index contributed by atoms with van der Waals surface area (Å²) in [5.74, 6) is 4.45. The number of carbonyl (C=O) groups excluding carboxylic acids is 1. The molecule has 0 bridgehead atoms. The van der Waals surface area contributed by atoms with Gasteiger partial charge in [0, 0.05) is 12.1 Å². The van der Waals surface area contributed by atoms with E-state index < -0.39 is 5.82 Å². The van der Waals surface area contributed by atoms with Gasteiger partial charge in [-0.1, -0.05) is 18.8 Å².